The van der Waals surface area contributed by atoms with Gasteiger partial charge >= 0.3 is 16.4 Å². The van der Waals surface area contributed by atoms with Crippen molar-refractivity contribution in [3.63, 3.8) is 0 Å². The van der Waals surface area contributed by atoms with Crippen LogP contribution < -0.4 is 10.0 Å². The Balaban J connectivity index is 2.20. The molecule has 0 unspecified atom stereocenters. The van der Waals surface area contributed by atoms with E-state index in [1.807, 2.05) is 0 Å². The molecule has 0 heterocycles. The lowest BCUT2D eigenvalue weighted by atomic mass is 9.98. The van der Waals surface area contributed by atoms with Gasteiger partial charge in [-0.05, 0) is 33.6 Å². The van der Waals surface area contributed by atoms with Gasteiger partial charge in [0.25, 0.3) is 0 Å². The minimum atomic E-state index is -3.76. The third-order valence-corrected chi connectivity index (χ3v) is 3.97. The van der Waals surface area contributed by atoms with Crippen LogP contribution in [0.4, 0.5) is 4.79 Å². The average molecular weight is 322 g/mol. The van der Waals surface area contributed by atoms with Crippen molar-refractivity contribution in [2.24, 2.45) is 0 Å². The molecule has 1 rings (SSSR count). The number of rotatable bonds is 6. The SMILES string of the molecule is CC(C)(C)OC(=O)NCCNS(=O)(=O)OC1CCCCC1. The first kappa shape index (κ1) is 18.2. The summed E-state index contributed by atoms with van der Waals surface area (Å²) in [7, 11) is -3.76. The summed E-state index contributed by atoms with van der Waals surface area (Å²) in [5, 5.41) is 2.47. The zero-order chi connectivity index (χ0) is 15.9. The number of alkyl carbamates (subject to hydrolysis) is 1. The first-order valence-electron chi connectivity index (χ1n) is 7.33. The van der Waals surface area contributed by atoms with Gasteiger partial charge in [-0.3, -0.25) is 4.18 Å². The monoisotopic (exact) mass is 322 g/mol. The standard InChI is InChI=1S/C13H26N2O5S/c1-13(2,3)19-12(16)14-9-10-15-21(17,18)20-11-7-5-4-6-8-11/h11,15H,4-10H2,1-3H3,(H,14,16). The molecule has 8 heteroatoms. The fourth-order valence-corrected chi connectivity index (χ4v) is 3.00. The number of carbonyl (C=O) groups excluding carboxylic acids is 1. The molecule has 0 saturated heterocycles. The smallest absolute Gasteiger partial charge is 0.407 e. The zero-order valence-electron chi connectivity index (χ0n) is 13.0. The molecule has 1 amide bonds. The van der Waals surface area contributed by atoms with Crippen LogP contribution in [0.2, 0.25) is 0 Å². The number of hydrogen-bond acceptors (Lipinski definition) is 5. The second kappa shape index (κ2) is 7.95. The maximum absolute atomic E-state index is 11.7. The highest BCUT2D eigenvalue weighted by Crippen LogP contribution is 2.21. The summed E-state index contributed by atoms with van der Waals surface area (Å²) in [6, 6.07) is 0. The van der Waals surface area contributed by atoms with Crippen LogP contribution in [0, 0.1) is 0 Å². The van der Waals surface area contributed by atoms with Crippen LogP contribution in [-0.4, -0.2) is 39.3 Å². The Morgan fingerprint density at radius 1 is 1.14 bits per heavy atom. The van der Waals surface area contributed by atoms with E-state index in [0.717, 1.165) is 32.1 Å². The van der Waals surface area contributed by atoms with Crippen LogP contribution in [0.15, 0.2) is 0 Å². The van der Waals surface area contributed by atoms with Gasteiger partial charge in [0.2, 0.25) is 0 Å². The normalized spacial score (nSPS) is 17.5. The minimum Gasteiger partial charge on any atom is -0.444 e. The van der Waals surface area contributed by atoms with E-state index in [1.54, 1.807) is 20.8 Å². The Kier molecular flexibility index (Phi) is 6.89. The molecule has 0 aromatic rings. The van der Waals surface area contributed by atoms with Crippen LogP contribution in [0.3, 0.4) is 0 Å². The predicted molar refractivity (Wildman–Crippen MR) is 79.1 cm³/mol. The summed E-state index contributed by atoms with van der Waals surface area (Å²) in [6.07, 6.45) is 3.88. The van der Waals surface area contributed by atoms with E-state index in [1.165, 1.54) is 0 Å². The molecule has 0 aliphatic heterocycles. The van der Waals surface area contributed by atoms with Crippen LogP contribution in [0.1, 0.15) is 52.9 Å². The van der Waals surface area contributed by atoms with E-state index >= 15 is 0 Å². The second-order valence-electron chi connectivity index (χ2n) is 6.13. The highest BCUT2D eigenvalue weighted by Gasteiger charge is 2.21. The van der Waals surface area contributed by atoms with Gasteiger partial charge in [0, 0.05) is 13.1 Å². The Morgan fingerprint density at radius 2 is 1.76 bits per heavy atom. The van der Waals surface area contributed by atoms with Crippen LogP contribution in [0.5, 0.6) is 0 Å². The summed E-state index contributed by atoms with van der Waals surface area (Å²) in [6.45, 7) is 5.48. The zero-order valence-corrected chi connectivity index (χ0v) is 13.8. The number of nitrogens with one attached hydrogen (secondary N) is 2. The molecule has 0 aromatic carbocycles. The van der Waals surface area contributed by atoms with E-state index in [2.05, 4.69) is 10.0 Å². The topological polar surface area (TPSA) is 93.7 Å². The largest absolute Gasteiger partial charge is 0.444 e. The van der Waals surface area contributed by atoms with Gasteiger partial charge < -0.3 is 10.1 Å². The van der Waals surface area contributed by atoms with Crippen molar-refractivity contribution in [1.29, 1.82) is 0 Å². The molecule has 124 valence electrons. The van der Waals surface area contributed by atoms with Gasteiger partial charge in [-0.2, -0.15) is 13.1 Å². The third-order valence-electron chi connectivity index (χ3n) is 2.89. The number of amides is 1. The van der Waals surface area contributed by atoms with Crippen LogP contribution in [0.25, 0.3) is 0 Å². The van der Waals surface area contributed by atoms with Crippen molar-refractivity contribution in [1.82, 2.24) is 10.0 Å². The molecule has 0 bridgehead atoms. The Labute approximate surface area is 127 Å². The summed E-state index contributed by atoms with van der Waals surface area (Å²) >= 11 is 0. The Morgan fingerprint density at radius 3 is 2.33 bits per heavy atom. The fourth-order valence-electron chi connectivity index (χ4n) is 2.03. The molecule has 0 radical (unpaired) electrons. The number of ether oxygens (including phenoxy) is 1. The first-order chi connectivity index (χ1) is 9.68. The lowest BCUT2D eigenvalue weighted by Gasteiger charge is -2.21. The number of carbonyl (C=O) groups is 1. The lowest BCUT2D eigenvalue weighted by Crippen LogP contribution is -2.39. The minimum absolute atomic E-state index is 0.0638. The van der Waals surface area contributed by atoms with Crippen molar-refractivity contribution < 1.29 is 22.1 Å². The van der Waals surface area contributed by atoms with Crippen molar-refractivity contribution >= 4 is 16.4 Å². The molecule has 21 heavy (non-hydrogen) atoms. The maximum atomic E-state index is 11.7. The van der Waals surface area contributed by atoms with E-state index in [-0.39, 0.29) is 19.2 Å². The molecule has 7 nitrogen and oxygen atoms in total. The Hall–Kier alpha value is -0.860. The first-order valence-corrected chi connectivity index (χ1v) is 8.73. The molecule has 1 aliphatic carbocycles. The van der Waals surface area contributed by atoms with Crippen molar-refractivity contribution in [2.45, 2.75) is 64.6 Å². The average Bonchev–Trinajstić information content (AvgIpc) is 2.33. The summed E-state index contributed by atoms with van der Waals surface area (Å²) in [5.41, 5.74) is -0.576. The van der Waals surface area contributed by atoms with Crippen LogP contribution in [-0.2, 0) is 19.2 Å². The summed E-state index contributed by atoms with van der Waals surface area (Å²) in [5.74, 6) is 0. The fraction of sp³-hybridized carbons (Fsp3) is 0.923. The molecular formula is C13H26N2O5S. The molecule has 1 fully saturated rings. The quantitative estimate of drug-likeness (QED) is 0.726. The van der Waals surface area contributed by atoms with Crippen LogP contribution >= 0.6 is 0 Å². The summed E-state index contributed by atoms with van der Waals surface area (Å²) < 4.78 is 35.8. The van der Waals surface area contributed by atoms with E-state index in [0.29, 0.717) is 0 Å². The molecule has 1 aliphatic rings. The maximum Gasteiger partial charge on any atom is 0.407 e. The lowest BCUT2D eigenvalue weighted by molar-refractivity contribution is 0.0528. The Bertz CT molecular complexity index is 424. The third kappa shape index (κ3) is 8.90. The van der Waals surface area contributed by atoms with Gasteiger partial charge in [-0.15, -0.1) is 0 Å². The number of hydrogen-bond donors (Lipinski definition) is 2. The molecule has 0 spiro atoms. The van der Waals surface area contributed by atoms with E-state index < -0.39 is 22.0 Å². The van der Waals surface area contributed by atoms with Crippen molar-refractivity contribution in [3.8, 4) is 0 Å². The molecule has 2 N–H and O–H groups in total. The molecule has 0 aromatic heterocycles. The van der Waals surface area contributed by atoms with Crippen molar-refractivity contribution in [3.05, 3.63) is 0 Å². The molecule has 0 atom stereocenters. The van der Waals surface area contributed by atoms with Crippen molar-refractivity contribution in [2.75, 3.05) is 13.1 Å². The van der Waals surface area contributed by atoms with Gasteiger partial charge in [0.15, 0.2) is 0 Å². The van der Waals surface area contributed by atoms with Gasteiger partial charge in [-0.25, -0.2) is 4.79 Å². The van der Waals surface area contributed by atoms with Gasteiger partial charge in [0.05, 0.1) is 6.10 Å². The van der Waals surface area contributed by atoms with E-state index in [9.17, 15) is 13.2 Å². The molecular weight excluding hydrogens is 296 g/mol. The van der Waals surface area contributed by atoms with E-state index in [4.69, 9.17) is 8.92 Å². The summed E-state index contributed by atoms with van der Waals surface area (Å²) in [4.78, 5) is 11.4. The second-order valence-corrected chi connectivity index (χ2v) is 7.52. The highest BCUT2D eigenvalue weighted by molar-refractivity contribution is 7.84. The molecule has 1 saturated carbocycles. The highest BCUT2D eigenvalue weighted by atomic mass is 32.2. The van der Waals surface area contributed by atoms with Gasteiger partial charge in [0.1, 0.15) is 5.60 Å². The predicted octanol–water partition coefficient (Wildman–Crippen LogP) is 1.69. The van der Waals surface area contributed by atoms with Gasteiger partial charge in [-0.1, -0.05) is 19.3 Å².